The topological polar surface area (TPSA) is 54.9 Å². The predicted molar refractivity (Wildman–Crippen MR) is 56.6 cm³/mol. The lowest BCUT2D eigenvalue weighted by molar-refractivity contribution is -0.108. The largest absolute Gasteiger partial charge is 0.301 e. The molecular weight excluding hydrogens is 192 g/mol. The number of hydrogen-bond acceptors (Lipinski definition) is 2. The van der Waals surface area contributed by atoms with E-state index in [2.05, 4.69) is 5.10 Å². The Labute approximate surface area is 86.1 Å². The first-order valence-electron chi connectivity index (χ1n) is 4.60. The van der Waals surface area contributed by atoms with Crippen molar-refractivity contribution in [3.05, 3.63) is 46.9 Å². The summed E-state index contributed by atoms with van der Waals surface area (Å²) < 4.78 is 1.47. The van der Waals surface area contributed by atoms with Gasteiger partial charge in [-0.05, 0) is 5.56 Å². The van der Waals surface area contributed by atoms with Crippen LogP contribution in [-0.4, -0.2) is 16.1 Å². The second-order valence-electron chi connectivity index (χ2n) is 3.17. The van der Waals surface area contributed by atoms with Gasteiger partial charge in [-0.15, -0.1) is 0 Å². The zero-order valence-electron chi connectivity index (χ0n) is 8.01. The molecule has 0 aliphatic carbocycles. The highest BCUT2D eigenvalue weighted by Gasteiger charge is 2.05. The highest BCUT2D eigenvalue weighted by molar-refractivity contribution is 5.61. The summed E-state index contributed by atoms with van der Waals surface area (Å²) in [5.74, 6) is 0. The molecule has 1 heterocycles. The standard InChI is InChI=1S/C11H10N2O2/c14-7-6-13-8-10(11(15)12-13)9-4-2-1-3-5-9/h1-5,7-8H,6H2,(H,12,15). The summed E-state index contributed by atoms with van der Waals surface area (Å²) in [4.78, 5) is 21.8. The predicted octanol–water partition coefficient (Wildman–Crippen LogP) is 1.04. The SMILES string of the molecule is O=CCn1cc(-c2ccccc2)c(=O)[nH]1. The molecular formula is C11H10N2O2. The van der Waals surface area contributed by atoms with Crippen LogP contribution in [0.3, 0.4) is 0 Å². The Morgan fingerprint density at radius 1 is 1.27 bits per heavy atom. The van der Waals surface area contributed by atoms with Crippen LogP contribution in [0.5, 0.6) is 0 Å². The molecule has 0 unspecified atom stereocenters. The Hall–Kier alpha value is -2.10. The van der Waals surface area contributed by atoms with Crippen molar-refractivity contribution < 1.29 is 4.79 Å². The van der Waals surface area contributed by atoms with E-state index in [1.54, 1.807) is 6.20 Å². The van der Waals surface area contributed by atoms with E-state index in [1.165, 1.54) is 4.68 Å². The van der Waals surface area contributed by atoms with Gasteiger partial charge in [-0.25, -0.2) is 0 Å². The van der Waals surface area contributed by atoms with Gasteiger partial charge in [0.05, 0.1) is 12.1 Å². The molecule has 0 atom stereocenters. The average Bonchev–Trinajstić information content (AvgIpc) is 2.61. The molecule has 0 bridgehead atoms. The number of carbonyl (C=O) groups excluding carboxylic acids is 1. The van der Waals surface area contributed by atoms with Gasteiger partial charge in [0.2, 0.25) is 0 Å². The minimum atomic E-state index is -0.178. The Balaban J connectivity index is 2.45. The molecule has 0 spiro atoms. The summed E-state index contributed by atoms with van der Waals surface area (Å²) in [6.45, 7) is 0.169. The van der Waals surface area contributed by atoms with Crippen LogP contribution in [-0.2, 0) is 11.3 Å². The number of rotatable bonds is 3. The fourth-order valence-corrected chi connectivity index (χ4v) is 1.44. The summed E-state index contributed by atoms with van der Waals surface area (Å²) in [7, 11) is 0. The van der Waals surface area contributed by atoms with E-state index in [4.69, 9.17) is 0 Å². The Morgan fingerprint density at radius 3 is 2.67 bits per heavy atom. The van der Waals surface area contributed by atoms with Crippen LogP contribution in [0.1, 0.15) is 0 Å². The van der Waals surface area contributed by atoms with Crippen LogP contribution in [0.4, 0.5) is 0 Å². The highest BCUT2D eigenvalue weighted by atomic mass is 16.1. The lowest BCUT2D eigenvalue weighted by Gasteiger charge is -1.93. The van der Waals surface area contributed by atoms with Gasteiger partial charge in [-0.1, -0.05) is 30.3 Å². The van der Waals surface area contributed by atoms with E-state index in [1.807, 2.05) is 30.3 Å². The first kappa shape index (κ1) is 9.45. The number of benzene rings is 1. The fraction of sp³-hybridized carbons (Fsp3) is 0.0909. The summed E-state index contributed by atoms with van der Waals surface area (Å²) >= 11 is 0. The van der Waals surface area contributed by atoms with Crippen molar-refractivity contribution in [2.24, 2.45) is 0 Å². The van der Waals surface area contributed by atoms with Gasteiger partial charge in [0.25, 0.3) is 5.56 Å². The van der Waals surface area contributed by atoms with Gasteiger partial charge in [0.15, 0.2) is 0 Å². The number of nitrogens with one attached hydrogen (secondary N) is 1. The highest BCUT2D eigenvalue weighted by Crippen LogP contribution is 2.13. The smallest absolute Gasteiger partial charge is 0.271 e. The second-order valence-corrected chi connectivity index (χ2v) is 3.17. The third kappa shape index (κ3) is 1.88. The molecule has 15 heavy (non-hydrogen) atoms. The molecule has 4 heteroatoms. The molecule has 0 radical (unpaired) electrons. The van der Waals surface area contributed by atoms with E-state index in [-0.39, 0.29) is 12.1 Å². The van der Waals surface area contributed by atoms with Gasteiger partial charge < -0.3 is 4.79 Å². The van der Waals surface area contributed by atoms with Gasteiger partial charge in [0.1, 0.15) is 6.29 Å². The fourth-order valence-electron chi connectivity index (χ4n) is 1.44. The van der Waals surface area contributed by atoms with Crippen molar-refractivity contribution in [3.63, 3.8) is 0 Å². The lowest BCUT2D eigenvalue weighted by Crippen LogP contribution is -2.06. The van der Waals surface area contributed by atoms with Crippen LogP contribution in [0, 0.1) is 0 Å². The molecule has 76 valence electrons. The molecule has 1 N–H and O–H groups in total. The Kier molecular flexibility index (Phi) is 2.49. The first-order chi connectivity index (χ1) is 7.31. The number of aromatic nitrogens is 2. The van der Waals surface area contributed by atoms with E-state index in [9.17, 15) is 9.59 Å². The summed E-state index contributed by atoms with van der Waals surface area (Å²) in [5, 5.41) is 2.57. The Bertz CT molecular complexity index is 511. The van der Waals surface area contributed by atoms with Crippen molar-refractivity contribution in [2.45, 2.75) is 6.54 Å². The van der Waals surface area contributed by atoms with Crippen molar-refractivity contribution in [1.29, 1.82) is 0 Å². The molecule has 2 aromatic rings. The van der Waals surface area contributed by atoms with Crippen molar-refractivity contribution in [3.8, 4) is 11.1 Å². The van der Waals surface area contributed by atoms with Crippen molar-refractivity contribution in [1.82, 2.24) is 9.78 Å². The van der Waals surface area contributed by atoms with E-state index < -0.39 is 0 Å². The molecule has 2 rings (SSSR count). The number of hydrogen-bond donors (Lipinski definition) is 1. The molecule has 1 aromatic heterocycles. The summed E-state index contributed by atoms with van der Waals surface area (Å²) in [5.41, 5.74) is 1.25. The Morgan fingerprint density at radius 2 is 2.00 bits per heavy atom. The number of carbonyl (C=O) groups is 1. The number of nitrogens with zero attached hydrogens (tertiary/aromatic N) is 1. The molecule has 1 aromatic carbocycles. The summed E-state index contributed by atoms with van der Waals surface area (Å²) in [6.07, 6.45) is 2.39. The average molecular weight is 202 g/mol. The number of aromatic amines is 1. The minimum Gasteiger partial charge on any atom is -0.301 e. The third-order valence-electron chi connectivity index (χ3n) is 2.13. The van der Waals surface area contributed by atoms with Gasteiger partial charge in [-0.2, -0.15) is 0 Å². The normalized spacial score (nSPS) is 10.1. The molecule has 4 nitrogen and oxygen atoms in total. The van der Waals surface area contributed by atoms with E-state index in [0.29, 0.717) is 5.56 Å². The molecule has 0 aliphatic heterocycles. The maximum Gasteiger partial charge on any atom is 0.271 e. The maximum absolute atomic E-state index is 11.5. The zero-order chi connectivity index (χ0) is 10.7. The van der Waals surface area contributed by atoms with Crippen molar-refractivity contribution in [2.75, 3.05) is 0 Å². The third-order valence-corrected chi connectivity index (χ3v) is 2.13. The van der Waals surface area contributed by atoms with Crippen LogP contribution < -0.4 is 5.56 Å². The first-order valence-corrected chi connectivity index (χ1v) is 4.60. The molecule has 0 fully saturated rings. The lowest BCUT2D eigenvalue weighted by atomic mass is 10.1. The minimum absolute atomic E-state index is 0.169. The molecule has 0 aliphatic rings. The maximum atomic E-state index is 11.5. The number of H-pyrrole nitrogens is 1. The van der Waals surface area contributed by atoms with Crippen LogP contribution >= 0.6 is 0 Å². The summed E-state index contributed by atoms with van der Waals surface area (Å²) in [6, 6.07) is 9.34. The van der Waals surface area contributed by atoms with E-state index in [0.717, 1.165) is 11.8 Å². The number of aldehydes is 1. The van der Waals surface area contributed by atoms with Crippen LogP contribution in [0.2, 0.25) is 0 Å². The monoisotopic (exact) mass is 202 g/mol. The molecule has 0 amide bonds. The molecule has 0 saturated heterocycles. The van der Waals surface area contributed by atoms with Gasteiger partial charge >= 0.3 is 0 Å². The van der Waals surface area contributed by atoms with E-state index >= 15 is 0 Å². The zero-order valence-corrected chi connectivity index (χ0v) is 8.01. The van der Waals surface area contributed by atoms with Crippen LogP contribution in [0.15, 0.2) is 41.3 Å². The quantitative estimate of drug-likeness (QED) is 0.756. The van der Waals surface area contributed by atoms with Gasteiger partial charge in [0, 0.05) is 6.20 Å². The second kappa shape index (κ2) is 3.96. The van der Waals surface area contributed by atoms with Gasteiger partial charge in [-0.3, -0.25) is 14.6 Å². The molecule has 0 saturated carbocycles. The van der Waals surface area contributed by atoms with Crippen molar-refractivity contribution >= 4 is 6.29 Å². The van der Waals surface area contributed by atoms with Crippen LogP contribution in [0.25, 0.3) is 11.1 Å².